The van der Waals surface area contributed by atoms with Crippen LogP contribution in [0, 0.1) is 5.92 Å². The zero-order valence-electron chi connectivity index (χ0n) is 19.1. The zero-order chi connectivity index (χ0) is 20.2. The maximum absolute atomic E-state index is 10.8. The van der Waals surface area contributed by atoms with Crippen LogP contribution in [-0.4, -0.2) is 19.6 Å². The Balaban J connectivity index is 0. The normalized spacial score (nSPS) is 12.7. The third-order valence-corrected chi connectivity index (χ3v) is 5.80. The van der Waals surface area contributed by atoms with Crippen molar-refractivity contribution in [1.82, 2.24) is 0 Å². The molecule has 0 aromatic rings. The van der Waals surface area contributed by atoms with Gasteiger partial charge in [-0.3, -0.25) is 4.18 Å². The maximum Gasteiger partial charge on any atom is 1.00 e. The monoisotopic (exact) mass is 444 g/mol. The van der Waals surface area contributed by atoms with Gasteiger partial charge in [0, 0.05) is 0 Å². The third kappa shape index (κ3) is 25.5. The minimum absolute atomic E-state index is 0. The molecule has 0 aliphatic heterocycles. The molecule has 0 aliphatic carbocycles. The molecule has 0 aliphatic rings. The van der Waals surface area contributed by atoms with Crippen molar-refractivity contribution >= 4 is 10.4 Å². The molecule has 4 nitrogen and oxygen atoms in total. The second kappa shape index (κ2) is 23.2. The van der Waals surface area contributed by atoms with Gasteiger partial charge in [-0.05, 0) is 18.8 Å². The topological polar surface area (TPSA) is 66.4 Å². The van der Waals surface area contributed by atoms with Crippen molar-refractivity contribution in [2.75, 3.05) is 6.61 Å². The quantitative estimate of drug-likeness (QED) is 0.115. The minimum Gasteiger partial charge on any atom is -0.726 e. The SMILES string of the molecule is CCCCCCCCCCCC(CCCCCCCCC)COS(=O)(=O)[O-].[K+]. The van der Waals surface area contributed by atoms with Crippen LogP contribution in [-0.2, 0) is 14.6 Å². The fourth-order valence-electron chi connectivity index (χ4n) is 3.62. The van der Waals surface area contributed by atoms with Crippen molar-refractivity contribution in [1.29, 1.82) is 0 Å². The summed E-state index contributed by atoms with van der Waals surface area (Å²) in [5.74, 6) is 0.203. The van der Waals surface area contributed by atoms with Crippen molar-refractivity contribution in [3.63, 3.8) is 0 Å². The molecular weight excluding hydrogens is 399 g/mol. The Morgan fingerprint density at radius 2 is 0.964 bits per heavy atom. The average molecular weight is 445 g/mol. The molecule has 0 heterocycles. The van der Waals surface area contributed by atoms with Crippen LogP contribution in [0.4, 0.5) is 0 Å². The molecule has 0 radical (unpaired) electrons. The Kier molecular flexibility index (Phi) is 26.2. The fraction of sp³-hybridized carbons (Fsp3) is 1.00. The molecule has 0 rings (SSSR count). The van der Waals surface area contributed by atoms with E-state index in [1.807, 2.05) is 0 Å². The first-order valence-electron chi connectivity index (χ1n) is 11.6. The molecule has 0 fully saturated rings. The molecule has 0 N–H and O–H groups in total. The van der Waals surface area contributed by atoms with Gasteiger partial charge >= 0.3 is 51.4 Å². The molecule has 0 aromatic carbocycles. The molecule has 0 bridgehead atoms. The fourth-order valence-corrected chi connectivity index (χ4v) is 3.98. The Hall–Kier alpha value is 1.51. The van der Waals surface area contributed by atoms with E-state index in [2.05, 4.69) is 18.0 Å². The van der Waals surface area contributed by atoms with Crippen LogP contribution in [0.5, 0.6) is 0 Å². The third-order valence-electron chi connectivity index (χ3n) is 5.38. The van der Waals surface area contributed by atoms with E-state index >= 15 is 0 Å². The van der Waals surface area contributed by atoms with E-state index < -0.39 is 10.4 Å². The van der Waals surface area contributed by atoms with E-state index in [0.717, 1.165) is 25.7 Å². The molecule has 0 spiro atoms. The van der Waals surface area contributed by atoms with Gasteiger partial charge < -0.3 is 4.55 Å². The van der Waals surface area contributed by atoms with Crippen LogP contribution >= 0.6 is 0 Å². The summed E-state index contributed by atoms with van der Waals surface area (Å²) in [4.78, 5) is 0. The van der Waals surface area contributed by atoms with Crippen LogP contribution < -0.4 is 51.4 Å². The van der Waals surface area contributed by atoms with E-state index in [1.165, 1.54) is 89.9 Å². The summed E-state index contributed by atoms with van der Waals surface area (Å²) in [5.41, 5.74) is 0. The molecule has 1 atom stereocenters. The molecule has 28 heavy (non-hydrogen) atoms. The Morgan fingerprint density at radius 1 is 0.643 bits per heavy atom. The Bertz CT molecular complexity index is 401. The molecule has 6 heteroatoms. The minimum atomic E-state index is -4.57. The summed E-state index contributed by atoms with van der Waals surface area (Å²) in [5, 5.41) is 0. The predicted octanol–water partition coefficient (Wildman–Crippen LogP) is 4.15. The van der Waals surface area contributed by atoms with E-state index in [4.69, 9.17) is 0 Å². The molecule has 0 amide bonds. The van der Waals surface area contributed by atoms with Crippen LogP contribution in [0.25, 0.3) is 0 Å². The zero-order valence-corrected chi connectivity index (χ0v) is 23.0. The summed E-state index contributed by atoms with van der Waals surface area (Å²) in [6.07, 6.45) is 22.3. The van der Waals surface area contributed by atoms with Crippen molar-refractivity contribution in [2.24, 2.45) is 5.92 Å². The second-order valence-electron chi connectivity index (χ2n) is 8.09. The van der Waals surface area contributed by atoms with Gasteiger partial charge in [0.2, 0.25) is 10.4 Å². The number of rotatable bonds is 21. The van der Waals surface area contributed by atoms with Gasteiger partial charge in [-0.25, -0.2) is 8.42 Å². The largest absolute Gasteiger partial charge is 1.00 e. The van der Waals surface area contributed by atoms with E-state index in [9.17, 15) is 13.0 Å². The van der Waals surface area contributed by atoms with Gasteiger partial charge in [0.15, 0.2) is 0 Å². The van der Waals surface area contributed by atoms with E-state index in [0.29, 0.717) is 0 Å². The van der Waals surface area contributed by atoms with Crippen LogP contribution in [0.3, 0.4) is 0 Å². The first-order valence-corrected chi connectivity index (χ1v) is 12.9. The maximum atomic E-state index is 10.8. The van der Waals surface area contributed by atoms with Crippen LogP contribution in [0.1, 0.15) is 129 Å². The second-order valence-corrected chi connectivity index (χ2v) is 9.14. The molecule has 0 saturated carbocycles. The summed E-state index contributed by atoms with van der Waals surface area (Å²) in [6.45, 7) is 4.53. The number of hydrogen-bond acceptors (Lipinski definition) is 4. The van der Waals surface area contributed by atoms with Crippen LogP contribution in [0.2, 0.25) is 0 Å². The molecule has 1 unspecified atom stereocenters. The van der Waals surface area contributed by atoms with E-state index in [-0.39, 0.29) is 63.9 Å². The van der Waals surface area contributed by atoms with Gasteiger partial charge in [-0.2, -0.15) is 0 Å². The Labute approximate surface area is 218 Å². The van der Waals surface area contributed by atoms with Gasteiger partial charge in [0.05, 0.1) is 6.61 Å². The van der Waals surface area contributed by atoms with Crippen molar-refractivity contribution in [3.05, 3.63) is 0 Å². The number of hydrogen-bond donors (Lipinski definition) is 0. The van der Waals surface area contributed by atoms with Gasteiger partial charge in [-0.15, -0.1) is 0 Å². The first kappa shape index (κ1) is 31.7. The molecule has 0 aromatic heterocycles. The average Bonchev–Trinajstić information content (AvgIpc) is 2.62. The molecular formula is C22H45KO4S. The van der Waals surface area contributed by atoms with Crippen molar-refractivity contribution < 1.29 is 68.5 Å². The smallest absolute Gasteiger partial charge is 0.726 e. The molecule has 0 saturated heterocycles. The first-order chi connectivity index (χ1) is 13.0. The van der Waals surface area contributed by atoms with Gasteiger partial charge in [0.1, 0.15) is 0 Å². The van der Waals surface area contributed by atoms with E-state index in [1.54, 1.807) is 0 Å². The summed E-state index contributed by atoms with van der Waals surface area (Å²) in [7, 11) is -4.57. The molecule has 164 valence electrons. The van der Waals surface area contributed by atoms with Crippen LogP contribution in [0.15, 0.2) is 0 Å². The summed E-state index contributed by atoms with van der Waals surface area (Å²) < 4.78 is 36.8. The van der Waals surface area contributed by atoms with Crippen molar-refractivity contribution in [3.8, 4) is 0 Å². The standard InChI is InChI=1S/C22H46O4S.K/c1-3-5-7-9-11-12-14-16-18-20-22(21-26-27(23,24)25)19-17-15-13-10-8-6-4-2;/h22H,3-21H2,1-2H3,(H,23,24,25);/q;+1/p-1. The van der Waals surface area contributed by atoms with Gasteiger partial charge in [0.25, 0.3) is 0 Å². The van der Waals surface area contributed by atoms with Gasteiger partial charge in [-0.1, -0.05) is 117 Å². The summed E-state index contributed by atoms with van der Waals surface area (Å²) >= 11 is 0. The number of unbranched alkanes of at least 4 members (excludes halogenated alkanes) is 14. The summed E-state index contributed by atoms with van der Waals surface area (Å²) in [6, 6.07) is 0. The Morgan fingerprint density at radius 3 is 1.29 bits per heavy atom. The van der Waals surface area contributed by atoms with Crippen molar-refractivity contribution in [2.45, 2.75) is 129 Å². The predicted molar refractivity (Wildman–Crippen MR) is 114 cm³/mol.